The fourth-order valence-electron chi connectivity index (χ4n) is 2.79. The van der Waals surface area contributed by atoms with Gasteiger partial charge in [0.2, 0.25) is 5.91 Å². The molecule has 4 nitrogen and oxygen atoms in total. The Bertz CT molecular complexity index is 467. The number of nitrogens with one attached hydrogen (secondary N) is 2. The first-order valence-electron chi connectivity index (χ1n) is 7.31. The fraction of sp³-hybridized carbons (Fsp3) is 0.562. The third kappa shape index (κ3) is 2.96. The van der Waals surface area contributed by atoms with E-state index in [2.05, 4.69) is 17.6 Å². The van der Waals surface area contributed by atoms with Crippen LogP contribution in [0, 0.1) is 0 Å². The molecule has 1 saturated heterocycles. The van der Waals surface area contributed by atoms with Gasteiger partial charge in [-0.1, -0.05) is 19.1 Å². The predicted octanol–water partition coefficient (Wildman–Crippen LogP) is 2.40. The van der Waals surface area contributed by atoms with Gasteiger partial charge in [-0.05, 0) is 50.4 Å². The van der Waals surface area contributed by atoms with E-state index in [1.807, 2.05) is 31.2 Å². The van der Waals surface area contributed by atoms with Crippen molar-refractivity contribution in [1.29, 1.82) is 0 Å². The Morgan fingerprint density at radius 3 is 2.95 bits per heavy atom. The molecule has 0 radical (unpaired) electrons. The summed E-state index contributed by atoms with van der Waals surface area (Å²) in [5.41, 5.74) is 0.676. The molecule has 4 heteroatoms. The van der Waals surface area contributed by atoms with Crippen molar-refractivity contribution in [1.82, 2.24) is 10.6 Å². The molecule has 1 aliphatic rings. The number of methoxy groups -OCH3 is 1. The number of hydrogen-bond acceptors (Lipinski definition) is 3. The summed E-state index contributed by atoms with van der Waals surface area (Å²) >= 11 is 0. The Labute approximate surface area is 120 Å². The van der Waals surface area contributed by atoms with Crippen molar-refractivity contribution in [2.45, 2.75) is 44.7 Å². The third-order valence-corrected chi connectivity index (χ3v) is 4.22. The molecule has 1 unspecified atom stereocenters. The van der Waals surface area contributed by atoms with Crippen LogP contribution in [0.3, 0.4) is 0 Å². The quantitative estimate of drug-likeness (QED) is 0.868. The zero-order chi connectivity index (χ0) is 14.6. The summed E-state index contributed by atoms with van der Waals surface area (Å²) in [5.74, 6) is 0.917. The van der Waals surface area contributed by atoms with E-state index in [1.54, 1.807) is 7.11 Å². The highest BCUT2D eigenvalue weighted by molar-refractivity contribution is 5.87. The lowest BCUT2D eigenvalue weighted by molar-refractivity contribution is -0.128. The molecule has 110 valence electrons. The van der Waals surface area contributed by atoms with E-state index in [4.69, 9.17) is 4.74 Å². The fourth-order valence-corrected chi connectivity index (χ4v) is 2.79. The van der Waals surface area contributed by atoms with Crippen LogP contribution in [0.5, 0.6) is 5.75 Å². The van der Waals surface area contributed by atoms with Gasteiger partial charge in [0, 0.05) is 0 Å². The van der Waals surface area contributed by atoms with Gasteiger partial charge in [-0.25, -0.2) is 0 Å². The summed E-state index contributed by atoms with van der Waals surface area (Å²) in [4.78, 5) is 12.5. The third-order valence-electron chi connectivity index (χ3n) is 4.22. The molecular weight excluding hydrogens is 252 g/mol. The Morgan fingerprint density at radius 1 is 1.55 bits per heavy atom. The topological polar surface area (TPSA) is 50.4 Å². The summed E-state index contributed by atoms with van der Waals surface area (Å²) in [6, 6.07) is 7.80. The molecule has 1 aliphatic heterocycles. The number of rotatable bonds is 5. The summed E-state index contributed by atoms with van der Waals surface area (Å²) in [5, 5.41) is 6.49. The molecule has 0 spiro atoms. The SMILES string of the molecule is CCC1(C(=O)N[C@@H](C)c2cccc(OC)c2)CCCN1. The van der Waals surface area contributed by atoms with Crippen molar-refractivity contribution in [2.24, 2.45) is 0 Å². The Kier molecular flexibility index (Phi) is 4.65. The van der Waals surface area contributed by atoms with Crippen molar-refractivity contribution in [3.05, 3.63) is 29.8 Å². The van der Waals surface area contributed by atoms with Crippen LogP contribution in [0.15, 0.2) is 24.3 Å². The minimum Gasteiger partial charge on any atom is -0.497 e. The average Bonchev–Trinajstić information content (AvgIpc) is 2.97. The summed E-state index contributed by atoms with van der Waals surface area (Å²) < 4.78 is 5.23. The van der Waals surface area contributed by atoms with Gasteiger partial charge < -0.3 is 15.4 Å². The van der Waals surface area contributed by atoms with E-state index in [0.29, 0.717) is 0 Å². The molecule has 0 saturated carbocycles. The average molecular weight is 276 g/mol. The first kappa shape index (κ1) is 14.9. The van der Waals surface area contributed by atoms with Crippen LogP contribution in [0.4, 0.5) is 0 Å². The van der Waals surface area contributed by atoms with E-state index in [9.17, 15) is 4.79 Å². The number of ether oxygens (including phenoxy) is 1. The molecule has 2 N–H and O–H groups in total. The van der Waals surface area contributed by atoms with Gasteiger partial charge in [-0.2, -0.15) is 0 Å². The highest BCUT2D eigenvalue weighted by Gasteiger charge is 2.39. The lowest BCUT2D eigenvalue weighted by atomic mass is 9.92. The lowest BCUT2D eigenvalue weighted by Gasteiger charge is -2.28. The van der Waals surface area contributed by atoms with Crippen LogP contribution in [-0.4, -0.2) is 25.1 Å². The number of amides is 1. The van der Waals surface area contributed by atoms with Gasteiger partial charge in [0.15, 0.2) is 0 Å². The van der Waals surface area contributed by atoms with Gasteiger partial charge in [-0.3, -0.25) is 4.79 Å². The minimum atomic E-state index is -0.382. The van der Waals surface area contributed by atoms with Gasteiger partial charge >= 0.3 is 0 Å². The number of carbonyl (C=O) groups is 1. The zero-order valence-corrected chi connectivity index (χ0v) is 12.5. The van der Waals surface area contributed by atoms with E-state index >= 15 is 0 Å². The second-order valence-electron chi connectivity index (χ2n) is 5.44. The molecule has 0 aromatic heterocycles. The first-order valence-corrected chi connectivity index (χ1v) is 7.31. The maximum Gasteiger partial charge on any atom is 0.240 e. The monoisotopic (exact) mass is 276 g/mol. The zero-order valence-electron chi connectivity index (χ0n) is 12.5. The molecule has 1 aromatic rings. The Balaban J connectivity index is 2.06. The highest BCUT2D eigenvalue weighted by Crippen LogP contribution is 2.25. The maximum absolute atomic E-state index is 12.5. The summed E-state index contributed by atoms with van der Waals surface area (Å²) in [6.45, 7) is 4.99. The van der Waals surface area contributed by atoms with Gasteiger partial charge in [0.25, 0.3) is 0 Å². The van der Waals surface area contributed by atoms with E-state index < -0.39 is 0 Å². The van der Waals surface area contributed by atoms with Crippen LogP contribution in [-0.2, 0) is 4.79 Å². The van der Waals surface area contributed by atoms with Gasteiger partial charge in [0.1, 0.15) is 5.75 Å². The molecule has 1 amide bonds. The van der Waals surface area contributed by atoms with E-state index in [-0.39, 0.29) is 17.5 Å². The Hall–Kier alpha value is -1.55. The van der Waals surface area contributed by atoms with Gasteiger partial charge in [-0.15, -0.1) is 0 Å². The normalized spacial score (nSPS) is 23.4. The van der Waals surface area contributed by atoms with Crippen molar-refractivity contribution in [3.63, 3.8) is 0 Å². The molecule has 0 bridgehead atoms. The lowest BCUT2D eigenvalue weighted by Crippen LogP contribution is -2.53. The standard InChI is InChI=1S/C16H24N2O2/c1-4-16(9-6-10-17-16)15(19)18-12(2)13-7-5-8-14(11-13)20-3/h5,7-8,11-12,17H,4,6,9-10H2,1-3H3,(H,18,19)/t12-,16?/m0/s1. The van der Waals surface area contributed by atoms with Crippen molar-refractivity contribution < 1.29 is 9.53 Å². The van der Waals surface area contributed by atoms with Crippen LogP contribution < -0.4 is 15.4 Å². The summed E-state index contributed by atoms with van der Waals surface area (Å²) in [7, 11) is 1.65. The number of benzene rings is 1. The molecule has 1 fully saturated rings. The van der Waals surface area contributed by atoms with E-state index in [1.165, 1.54) is 0 Å². The predicted molar refractivity (Wildman–Crippen MR) is 79.8 cm³/mol. The smallest absolute Gasteiger partial charge is 0.240 e. The van der Waals surface area contributed by atoms with Crippen LogP contribution in [0.2, 0.25) is 0 Å². The van der Waals surface area contributed by atoms with Crippen LogP contribution in [0.1, 0.15) is 44.7 Å². The molecule has 20 heavy (non-hydrogen) atoms. The maximum atomic E-state index is 12.5. The molecule has 1 aromatic carbocycles. The molecule has 0 aliphatic carbocycles. The molecule has 2 rings (SSSR count). The van der Waals surface area contributed by atoms with Crippen molar-refractivity contribution >= 4 is 5.91 Å². The second kappa shape index (κ2) is 6.27. The molecule has 1 heterocycles. The van der Waals surface area contributed by atoms with E-state index in [0.717, 1.165) is 37.1 Å². The van der Waals surface area contributed by atoms with Gasteiger partial charge in [0.05, 0.1) is 18.7 Å². The molecular formula is C16H24N2O2. The van der Waals surface area contributed by atoms with Crippen molar-refractivity contribution in [2.75, 3.05) is 13.7 Å². The number of carbonyl (C=O) groups excluding carboxylic acids is 1. The highest BCUT2D eigenvalue weighted by atomic mass is 16.5. The summed E-state index contributed by atoms with van der Waals surface area (Å²) in [6.07, 6.45) is 2.80. The van der Waals surface area contributed by atoms with Crippen LogP contribution >= 0.6 is 0 Å². The number of hydrogen-bond donors (Lipinski definition) is 2. The molecule has 2 atom stereocenters. The Morgan fingerprint density at radius 2 is 2.35 bits per heavy atom. The minimum absolute atomic E-state index is 0.0246. The largest absolute Gasteiger partial charge is 0.497 e. The van der Waals surface area contributed by atoms with Crippen molar-refractivity contribution in [3.8, 4) is 5.75 Å². The second-order valence-corrected chi connectivity index (χ2v) is 5.44. The van der Waals surface area contributed by atoms with Crippen LogP contribution in [0.25, 0.3) is 0 Å². The first-order chi connectivity index (χ1) is 9.61.